The van der Waals surface area contributed by atoms with Crippen molar-refractivity contribution >= 4 is 22.1 Å². The second-order valence-corrected chi connectivity index (χ2v) is 16.2. The van der Waals surface area contributed by atoms with Crippen molar-refractivity contribution in [2.24, 2.45) is 0 Å². The van der Waals surface area contributed by atoms with Crippen molar-refractivity contribution in [2.45, 2.75) is 179 Å². The molecule has 0 aromatic heterocycles. The van der Waals surface area contributed by atoms with Crippen molar-refractivity contribution in [3.8, 4) is 0 Å². The fourth-order valence-corrected chi connectivity index (χ4v) is 6.72. The largest absolute Gasteiger partial charge is 0.462 e. The highest BCUT2D eigenvalue weighted by Gasteiger charge is 2.46. The quantitative estimate of drug-likeness (QED) is 0.0210. The molecule has 1 heterocycles. The Kier molecular flexibility index (Phi) is 32.0. The third kappa shape index (κ3) is 29.3. The number of carbonyl (C=O) groups excluding carboxylic acids is 2. The maximum absolute atomic E-state index is 12.8. The molecule has 1 rings (SSSR count). The molecular formula is C45H74O12S. The molecule has 332 valence electrons. The first-order valence-electron chi connectivity index (χ1n) is 21.6. The summed E-state index contributed by atoms with van der Waals surface area (Å²) in [6.45, 7) is 3.55. The highest BCUT2D eigenvalue weighted by Crippen LogP contribution is 2.24. The Morgan fingerprint density at radius 2 is 1.09 bits per heavy atom. The first-order chi connectivity index (χ1) is 28.0. The lowest BCUT2D eigenvalue weighted by molar-refractivity contribution is -0.297. The van der Waals surface area contributed by atoms with E-state index < -0.39 is 71.2 Å². The summed E-state index contributed by atoms with van der Waals surface area (Å²) in [6.07, 6.45) is 33.7. The van der Waals surface area contributed by atoms with Gasteiger partial charge in [0, 0.05) is 12.8 Å². The molecule has 2 unspecified atom stereocenters. The Morgan fingerprint density at radius 1 is 0.603 bits per heavy atom. The molecule has 1 fully saturated rings. The molecule has 1 aliphatic heterocycles. The minimum atomic E-state index is -4.61. The van der Waals surface area contributed by atoms with Gasteiger partial charge in [0.1, 0.15) is 36.8 Å². The van der Waals surface area contributed by atoms with E-state index in [2.05, 4.69) is 50.3 Å². The van der Waals surface area contributed by atoms with Crippen LogP contribution in [0.4, 0.5) is 0 Å². The van der Waals surface area contributed by atoms with Gasteiger partial charge in [-0.25, -0.2) is 0 Å². The van der Waals surface area contributed by atoms with Gasteiger partial charge >= 0.3 is 11.9 Å². The van der Waals surface area contributed by atoms with Crippen LogP contribution in [0.3, 0.4) is 0 Å². The van der Waals surface area contributed by atoms with Crippen molar-refractivity contribution in [3.05, 3.63) is 72.9 Å². The minimum Gasteiger partial charge on any atom is -0.462 e. The number of hydrogen-bond acceptors (Lipinski definition) is 11. The summed E-state index contributed by atoms with van der Waals surface area (Å²) in [4.78, 5) is 25.4. The molecule has 4 N–H and O–H groups in total. The highest BCUT2D eigenvalue weighted by molar-refractivity contribution is 7.85. The molecule has 0 aromatic carbocycles. The fraction of sp³-hybridized carbons (Fsp3) is 0.689. The second kappa shape index (κ2) is 34.9. The van der Waals surface area contributed by atoms with Crippen LogP contribution in [0.5, 0.6) is 0 Å². The predicted molar refractivity (Wildman–Crippen MR) is 228 cm³/mol. The number of aliphatic hydroxyl groups excluding tert-OH is 3. The molecule has 0 aromatic rings. The summed E-state index contributed by atoms with van der Waals surface area (Å²) in [7, 11) is -4.61. The van der Waals surface area contributed by atoms with E-state index in [9.17, 15) is 37.9 Å². The van der Waals surface area contributed by atoms with Crippen molar-refractivity contribution in [1.82, 2.24) is 0 Å². The van der Waals surface area contributed by atoms with Crippen LogP contribution in [0.25, 0.3) is 0 Å². The van der Waals surface area contributed by atoms with E-state index in [4.69, 9.17) is 18.9 Å². The molecule has 13 heteroatoms. The summed E-state index contributed by atoms with van der Waals surface area (Å²) >= 11 is 0. The average molecular weight is 839 g/mol. The maximum Gasteiger partial charge on any atom is 0.306 e. The zero-order chi connectivity index (χ0) is 42.7. The first-order valence-corrected chi connectivity index (χ1v) is 23.2. The van der Waals surface area contributed by atoms with E-state index in [1.54, 1.807) is 0 Å². The van der Waals surface area contributed by atoms with Crippen molar-refractivity contribution < 1.29 is 56.8 Å². The van der Waals surface area contributed by atoms with Gasteiger partial charge in [-0.3, -0.25) is 14.1 Å². The van der Waals surface area contributed by atoms with Crippen LogP contribution >= 0.6 is 0 Å². The van der Waals surface area contributed by atoms with Crippen LogP contribution in [-0.4, -0.2) is 96.0 Å². The zero-order valence-electron chi connectivity index (χ0n) is 35.1. The monoisotopic (exact) mass is 838 g/mol. The number of allylic oxidation sites excluding steroid dienone is 12. The Morgan fingerprint density at radius 3 is 1.64 bits per heavy atom. The van der Waals surface area contributed by atoms with Crippen molar-refractivity contribution in [3.63, 3.8) is 0 Å². The van der Waals surface area contributed by atoms with Gasteiger partial charge in [0.25, 0.3) is 10.1 Å². The lowest BCUT2D eigenvalue weighted by Crippen LogP contribution is -2.60. The topological polar surface area (TPSA) is 186 Å². The first kappa shape index (κ1) is 53.1. The number of aliphatic hydroxyl groups is 3. The molecule has 1 saturated heterocycles. The smallest absolute Gasteiger partial charge is 0.306 e. The SMILES string of the molecule is CC/C=C/C=C/C=C/C=C/CCCCCCCC(=O)O[C@H](COC(=O)CCCCCCC/C=C/C=C/CCCCCC)CO[C@H]1O[C@H](CS(=O)(=O)O)[C@@H](O)C(O)C1O. The van der Waals surface area contributed by atoms with Gasteiger partial charge in [-0.1, -0.05) is 145 Å². The Balaban J connectivity index is 2.51. The van der Waals surface area contributed by atoms with E-state index in [0.29, 0.717) is 12.8 Å². The van der Waals surface area contributed by atoms with Crippen LogP contribution in [-0.2, 0) is 38.7 Å². The van der Waals surface area contributed by atoms with Crippen molar-refractivity contribution in [1.29, 1.82) is 0 Å². The van der Waals surface area contributed by atoms with Crippen LogP contribution in [0, 0.1) is 0 Å². The van der Waals surface area contributed by atoms with E-state index in [1.807, 2.05) is 36.5 Å². The zero-order valence-corrected chi connectivity index (χ0v) is 35.9. The summed E-state index contributed by atoms with van der Waals surface area (Å²) < 4.78 is 53.9. The van der Waals surface area contributed by atoms with Crippen LogP contribution < -0.4 is 0 Å². The summed E-state index contributed by atoms with van der Waals surface area (Å²) in [5.74, 6) is -2.05. The highest BCUT2D eigenvalue weighted by atomic mass is 32.2. The standard InChI is InChI=1S/C45H74O12S/c1-3-5-7-9-11-13-15-17-19-21-23-25-27-29-31-33-40(46)54-35-38(36-55-45-44(50)43(49)42(48)39(57-45)37-58(51,52)53)56-41(47)34-32-30-28-26-24-22-20-18-16-14-12-10-8-6-4-2/h6,8,10,12-20,38-39,42-45,48-50H,3-5,7,9,11,21-37H2,1-2H3,(H,51,52,53)/b8-6+,12-10+,15-13+,16-14+,19-17+,20-18+/t38-,39-,42-,43?,44?,45+/m1/s1. The third-order valence-corrected chi connectivity index (χ3v) is 10.1. The van der Waals surface area contributed by atoms with Crippen LogP contribution in [0.1, 0.15) is 142 Å². The van der Waals surface area contributed by atoms with E-state index in [-0.39, 0.29) is 19.4 Å². The third-order valence-electron chi connectivity index (χ3n) is 9.39. The van der Waals surface area contributed by atoms with Gasteiger partial charge in [0.2, 0.25) is 0 Å². The summed E-state index contributed by atoms with van der Waals surface area (Å²) in [5, 5.41) is 30.8. The Labute approximate surface area is 348 Å². The molecule has 0 radical (unpaired) electrons. The lowest BCUT2D eigenvalue weighted by atomic mass is 10.00. The fourth-order valence-electron chi connectivity index (χ4n) is 6.03. The average Bonchev–Trinajstić information content (AvgIpc) is 3.18. The second-order valence-electron chi connectivity index (χ2n) is 14.7. The van der Waals surface area contributed by atoms with Gasteiger partial charge in [0.15, 0.2) is 12.4 Å². The molecule has 0 amide bonds. The number of hydrogen-bond donors (Lipinski definition) is 4. The maximum atomic E-state index is 12.8. The van der Waals surface area contributed by atoms with E-state index >= 15 is 0 Å². The van der Waals surface area contributed by atoms with Gasteiger partial charge in [0.05, 0.1) is 6.61 Å². The number of esters is 2. The minimum absolute atomic E-state index is 0.131. The van der Waals surface area contributed by atoms with Gasteiger partial charge in [-0.05, 0) is 57.8 Å². The predicted octanol–water partition coefficient (Wildman–Crippen LogP) is 8.33. The molecule has 0 bridgehead atoms. The summed E-state index contributed by atoms with van der Waals surface area (Å²) in [6, 6.07) is 0. The normalized spacial score (nSPS) is 21.1. The van der Waals surface area contributed by atoms with Gasteiger partial charge < -0.3 is 34.3 Å². The molecule has 0 aliphatic carbocycles. The lowest BCUT2D eigenvalue weighted by Gasteiger charge is -2.40. The Hall–Kier alpha value is -2.91. The number of rotatable bonds is 34. The molecular weight excluding hydrogens is 765 g/mol. The molecule has 1 aliphatic rings. The molecule has 6 atom stereocenters. The van der Waals surface area contributed by atoms with Gasteiger partial charge in [-0.15, -0.1) is 0 Å². The summed E-state index contributed by atoms with van der Waals surface area (Å²) in [5.41, 5.74) is 0. The number of carbonyl (C=O) groups is 2. The number of unbranched alkanes of at least 4 members (excludes halogenated alkanes) is 14. The molecule has 0 spiro atoms. The van der Waals surface area contributed by atoms with E-state index in [0.717, 1.165) is 77.0 Å². The molecule has 58 heavy (non-hydrogen) atoms. The Bertz CT molecular complexity index is 1350. The van der Waals surface area contributed by atoms with Crippen LogP contribution in [0.2, 0.25) is 0 Å². The van der Waals surface area contributed by atoms with Gasteiger partial charge in [-0.2, -0.15) is 8.42 Å². The molecule has 0 saturated carbocycles. The van der Waals surface area contributed by atoms with E-state index in [1.165, 1.54) is 25.7 Å². The molecule has 12 nitrogen and oxygen atoms in total. The number of ether oxygens (including phenoxy) is 4. The van der Waals surface area contributed by atoms with Crippen LogP contribution in [0.15, 0.2) is 72.9 Å². The van der Waals surface area contributed by atoms with Crippen molar-refractivity contribution in [2.75, 3.05) is 19.0 Å².